The zero-order chi connectivity index (χ0) is 12.3. The van der Waals surface area contributed by atoms with Crippen molar-refractivity contribution >= 4 is 0 Å². The van der Waals surface area contributed by atoms with Crippen LogP contribution in [0.1, 0.15) is 35.6 Å². The van der Waals surface area contributed by atoms with Gasteiger partial charge in [0.1, 0.15) is 11.8 Å². The Bertz CT molecular complexity index is 426. The molecular weight excluding hydrogens is 212 g/mol. The third-order valence-electron chi connectivity index (χ3n) is 3.16. The lowest BCUT2D eigenvalue weighted by molar-refractivity contribution is 0.167. The minimum atomic E-state index is -0.0322. The molecule has 1 heterocycles. The maximum absolute atomic E-state index is 5.70. The minimum Gasteiger partial charge on any atom is -0.496 e. The number of hydrogen-bond donors (Lipinski definition) is 2. The Kier molecular flexibility index (Phi) is 3.82. The monoisotopic (exact) mass is 232 g/mol. The molecule has 1 aromatic carbocycles. The fourth-order valence-corrected chi connectivity index (χ4v) is 2.17. The average molecular weight is 232 g/mol. The van der Waals surface area contributed by atoms with Gasteiger partial charge in [-0.25, -0.2) is 5.43 Å². The van der Waals surface area contributed by atoms with Crippen LogP contribution in [-0.2, 0) is 4.74 Å². The molecule has 0 bridgehead atoms. The predicted molar refractivity (Wildman–Crippen MR) is 69.2 cm³/mol. The molecule has 3 nitrogen and oxygen atoms in total. The van der Waals surface area contributed by atoms with Gasteiger partial charge in [-0.3, -0.25) is 5.84 Å². The van der Waals surface area contributed by atoms with Gasteiger partial charge < -0.3 is 4.74 Å². The van der Waals surface area contributed by atoms with E-state index in [9.17, 15) is 0 Å². The van der Waals surface area contributed by atoms with Crippen molar-refractivity contribution in [3.05, 3.63) is 46.7 Å². The first-order chi connectivity index (χ1) is 8.22. The van der Waals surface area contributed by atoms with Crippen molar-refractivity contribution in [3.63, 3.8) is 0 Å². The van der Waals surface area contributed by atoms with Gasteiger partial charge in [0.25, 0.3) is 0 Å². The van der Waals surface area contributed by atoms with Gasteiger partial charge in [-0.2, -0.15) is 0 Å². The molecular formula is C14H20N2O. The van der Waals surface area contributed by atoms with E-state index in [1.165, 1.54) is 16.7 Å². The summed E-state index contributed by atoms with van der Waals surface area (Å²) in [7, 11) is 0. The number of rotatable bonds is 3. The van der Waals surface area contributed by atoms with E-state index in [1.807, 2.05) is 0 Å². The summed E-state index contributed by atoms with van der Waals surface area (Å²) in [5.41, 5.74) is 6.53. The number of hydrogen-bond acceptors (Lipinski definition) is 3. The summed E-state index contributed by atoms with van der Waals surface area (Å²) in [5.74, 6) is 6.64. The second kappa shape index (κ2) is 5.34. The zero-order valence-corrected chi connectivity index (χ0v) is 10.5. The number of nitrogens with two attached hydrogens (primary N) is 1. The first kappa shape index (κ1) is 12.1. The largest absolute Gasteiger partial charge is 0.496 e. The molecule has 0 saturated heterocycles. The molecule has 1 aliphatic rings. The van der Waals surface area contributed by atoms with Gasteiger partial charge in [0.2, 0.25) is 0 Å². The van der Waals surface area contributed by atoms with Gasteiger partial charge in [-0.15, -0.1) is 0 Å². The Labute approximate surface area is 103 Å². The lowest BCUT2D eigenvalue weighted by Crippen LogP contribution is -2.31. The van der Waals surface area contributed by atoms with E-state index in [0.29, 0.717) is 0 Å². The summed E-state index contributed by atoms with van der Waals surface area (Å²) in [6, 6.07) is 6.37. The van der Waals surface area contributed by atoms with Crippen LogP contribution >= 0.6 is 0 Å². The van der Waals surface area contributed by atoms with Crippen LogP contribution in [0.4, 0.5) is 0 Å². The highest BCUT2D eigenvalue weighted by Crippen LogP contribution is 2.28. The Morgan fingerprint density at radius 1 is 1.35 bits per heavy atom. The molecule has 92 valence electrons. The van der Waals surface area contributed by atoms with E-state index in [0.717, 1.165) is 25.2 Å². The van der Waals surface area contributed by atoms with Gasteiger partial charge >= 0.3 is 0 Å². The molecule has 1 aromatic rings. The lowest BCUT2D eigenvalue weighted by atomic mass is 9.97. The van der Waals surface area contributed by atoms with E-state index in [1.54, 1.807) is 0 Å². The summed E-state index contributed by atoms with van der Waals surface area (Å²) in [6.07, 6.45) is 4.29. The first-order valence-corrected chi connectivity index (χ1v) is 6.08. The summed E-state index contributed by atoms with van der Waals surface area (Å²) in [6.45, 7) is 4.98. The highest BCUT2D eigenvalue weighted by molar-refractivity contribution is 5.36. The van der Waals surface area contributed by atoms with Crippen molar-refractivity contribution < 1.29 is 4.74 Å². The topological polar surface area (TPSA) is 47.3 Å². The van der Waals surface area contributed by atoms with Crippen LogP contribution in [0.5, 0.6) is 0 Å². The van der Waals surface area contributed by atoms with E-state index < -0.39 is 0 Å². The molecule has 0 fully saturated rings. The molecule has 1 atom stereocenters. The molecule has 3 N–H and O–H groups in total. The van der Waals surface area contributed by atoms with E-state index >= 15 is 0 Å². The van der Waals surface area contributed by atoms with Crippen molar-refractivity contribution in [1.29, 1.82) is 0 Å². The van der Waals surface area contributed by atoms with Crippen LogP contribution in [0.3, 0.4) is 0 Å². The molecule has 0 radical (unpaired) electrons. The summed E-state index contributed by atoms with van der Waals surface area (Å²) >= 11 is 0. The molecule has 0 amide bonds. The molecule has 1 unspecified atom stereocenters. The smallest absolute Gasteiger partial charge is 0.115 e. The van der Waals surface area contributed by atoms with Gasteiger partial charge in [0, 0.05) is 0 Å². The number of nitrogens with one attached hydrogen (secondary N) is 1. The van der Waals surface area contributed by atoms with Crippen molar-refractivity contribution in [3.8, 4) is 0 Å². The number of hydrazine groups is 1. The Morgan fingerprint density at radius 2 is 2.18 bits per heavy atom. The lowest BCUT2D eigenvalue weighted by Gasteiger charge is -2.25. The van der Waals surface area contributed by atoms with Gasteiger partial charge in [-0.05, 0) is 43.9 Å². The zero-order valence-electron chi connectivity index (χ0n) is 10.5. The molecule has 1 aliphatic heterocycles. The number of benzene rings is 1. The highest BCUT2D eigenvalue weighted by atomic mass is 16.5. The van der Waals surface area contributed by atoms with Crippen LogP contribution in [-0.4, -0.2) is 6.61 Å². The van der Waals surface area contributed by atoms with Crippen LogP contribution in [0.25, 0.3) is 0 Å². The molecule has 3 heteroatoms. The van der Waals surface area contributed by atoms with E-state index in [2.05, 4.69) is 43.5 Å². The predicted octanol–water partition coefficient (Wildman–Crippen LogP) is 2.50. The van der Waals surface area contributed by atoms with Crippen LogP contribution in [0.2, 0.25) is 0 Å². The minimum absolute atomic E-state index is 0.0322. The second-order valence-electron chi connectivity index (χ2n) is 4.56. The Hall–Kier alpha value is -1.32. The van der Waals surface area contributed by atoms with E-state index in [-0.39, 0.29) is 6.04 Å². The number of aryl methyl sites for hydroxylation is 2. The van der Waals surface area contributed by atoms with Crippen molar-refractivity contribution in [2.45, 2.75) is 32.7 Å². The standard InChI is InChI=1S/C14H20N2O/c1-10-6-7-11(2)12(9-10)14(16-15)13-5-3-4-8-17-13/h5-7,9,14,16H,3-4,8,15H2,1-2H3. The third-order valence-corrected chi connectivity index (χ3v) is 3.16. The molecule has 17 heavy (non-hydrogen) atoms. The molecule has 0 aliphatic carbocycles. The second-order valence-corrected chi connectivity index (χ2v) is 4.56. The molecule has 0 aromatic heterocycles. The number of ether oxygens (including phenoxy) is 1. The van der Waals surface area contributed by atoms with Gasteiger partial charge in [-0.1, -0.05) is 23.8 Å². The highest BCUT2D eigenvalue weighted by Gasteiger charge is 2.20. The van der Waals surface area contributed by atoms with Crippen molar-refractivity contribution in [1.82, 2.24) is 5.43 Å². The quantitative estimate of drug-likeness (QED) is 0.622. The third kappa shape index (κ3) is 2.68. The first-order valence-electron chi connectivity index (χ1n) is 6.08. The molecule has 2 rings (SSSR count). The van der Waals surface area contributed by atoms with Gasteiger partial charge in [0.05, 0.1) is 6.61 Å². The molecule has 0 spiro atoms. The summed E-state index contributed by atoms with van der Waals surface area (Å²) < 4.78 is 5.70. The maximum Gasteiger partial charge on any atom is 0.115 e. The summed E-state index contributed by atoms with van der Waals surface area (Å²) in [4.78, 5) is 0. The average Bonchev–Trinajstić information content (AvgIpc) is 2.36. The van der Waals surface area contributed by atoms with Gasteiger partial charge in [0.15, 0.2) is 0 Å². The Morgan fingerprint density at radius 3 is 2.82 bits per heavy atom. The van der Waals surface area contributed by atoms with E-state index in [4.69, 9.17) is 10.6 Å². The normalized spacial score (nSPS) is 17.2. The SMILES string of the molecule is Cc1ccc(C)c(C(NN)C2=CCCCO2)c1. The maximum atomic E-state index is 5.70. The van der Waals surface area contributed by atoms with Crippen molar-refractivity contribution in [2.24, 2.45) is 5.84 Å². The summed E-state index contributed by atoms with van der Waals surface area (Å²) in [5, 5.41) is 0. The fourth-order valence-electron chi connectivity index (χ4n) is 2.17. The van der Waals surface area contributed by atoms with Crippen molar-refractivity contribution in [2.75, 3.05) is 6.61 Å². The van der Waals surface area contributed by atoms with Crippen LogP contribution in [0, 0.1) is 13.8 Å². The fraction of sp³-hybridized carbons (Fsp3) is 0.429. The number of allylic oxidation sites excluding steroid dienone is 1. The van der Waals surface area contributed by atoms with Crippen LogP contribution < -0.4 is 11.3 Å². The van der Waals surface area contributed by atoms with Crippen LogP contribution in [0.15, 0.2) is 30.0 Å². The Balaban J connectivity index is 2.34. The molecule has 0 saturated carbocycles.